The maximum absolute atomic E-state index is 12.4. The number of ether oxygens (including phenoxy) is 1. The molecule has 1 aromatic rings. The normalized spacial score (nSPS) is 16.6. The summed E-state index contributed by atoms with van der Waals surface area (Å²) in [5, 5.41) is 0.511. The van der Waals surface area contributed by atoms with E-state index in [1.165, 1.54) is 6.42 Å². The minimum Gasteiger partial charge on any atom is -0.494 e. The Kier molecular flexibility index (Phi) is 4.65. The zero-order valence-electron chi connectivity index (χ0n) is 10.7. The van der Waals surface area contributed by atoms with E-state index < -0.39 is 0 Å². The molecule has 0 unspecified atom stereocenters. The van der Waals surface area contributed by atoms with Crippen LogP contribution in [-0.4, -0.2) is 12.4 Å². The van der Waals surface area contributed by atoms with Gasteiger partial charge < -0.3 is 4.74 Å². The number of ketones is 1. The fourth-order valence-corrected chi connectivity index (χ4v) is 2.80. The van der Waals surface area contributed by atoms with Crippen molar-refractivity contribution in [1.29, 1.82) is 0 Å². The van der Waals surface area contributed by atoms with Crippen LogP contribution in [-0.2, 0) is 0 Å². The summed E-state index contributed by atoms with van der Waals surface area (Å²) >= 11 is 6.18. The van der Waals surface area contributed by atoms with Gasteiger partial charge in [-0.15, -0.1) is 0 Å². The molecule has 0 saturated heterocycles. The molecule has 2 nitrogen and oxygen atoms in total. The van der Waals surface area contributed by atoms with Gasteiger partial charge in [0.15, 0.2) is 5.78 Å². The molecule has 0 bridgehead atoms. The van der Waals surface area contributed by atoms with Gasteiger partial charge in [0, 0.05) is 11.5 Å². The lowest BCUT2D eigenvalue weighted by molar-refractivity contribution is 0.0889. The van der Waals surface area contributed by atoms with Crippen LogP contribution in [0.15, 0.2) is 18.2 Å². The van der Waals surface area contributed by atoms with Crippen molar-refractivity contribution >= 4 is 17.4 Å². The van der Waals surface area contributed by atoms with E-state index in [0.717, 1.165) is 31.4 Å². The first-order valence-corrected chi connectivity index (χ1v) is 7.06. The number of hydrogen-bond donors (Lipinski definition) is 0. The molecule has 0 atom stereocenters. The van der Waals surface area contributed by atoms with Crippen LogP contribution in [0.5, 0.6) is 5.75 Å². The second kappa shape index (κ2) is 6.24. The molecule has 0 heterocycles. The van der Waals surface area contributed by atoms with Crippen LogP contribution in [0, 0.1) is 5.92 Å². The molecule has 98 valence electrons. The summed E-state index contributed by atoms with van der Waals surface area (Å²) < 4.78 is 5.37. The number of benzene rings is 1. The molecule has 0 N–H and O–H groups in total. The predicted octanol–water partition coefficient (Wildman–Crippen LogP) is 4.50. The van der Waals surface area contributed by atoms with Crippen LogP contribution in [0.3, 0.4) is 0 Å². The topological polar surface area (TPSA) is 26.3 Å². The first kappa shape index (κ1) is 13.4. The lowest BCUT2D eigenvalue weighted by atomic mass is 9.84. The lowest BCUT2D eigenvalue weighted by Crippen LogP contribution is -2.18. The van der Waals surface area contributed by atoms with Crippen LogP contribution in [0.1, 0.15) is 49.4 Å². The molecule has 0 radical (unpaired) electrons. The Balaban J connectivity index is 2.14. The van der Waals surface area contributed by atoms with E-state index in [0.29, 0.717) is 17.2 Å². The molecule has 0 aromatic heterocycles. The molecular formula is C15H19ClO2. The van der Waals surface area contributed by atoms with Crippen LogP contribution in [0.4, 0.5) is 0 Å². The van der Waals surface area contributed by atoms with Crippen molar-refractivity contribution in [2.45, 2.75) is 39.0 Å². The van der Waals surface area contributed by atoms with Crippen molar-refractivity contribution in [1.82, 2.24) is 0 Å². The maximum atomic E-state index is 12.4. The van der Waals surface area contributed by atoms with Crippen LogP contribution in [0.2, 0.25) is 5.02 Å². The van der Waals surface area contributed by atoms with E-state index in [1.807, 2.05) is 13.0 Å². The van der Waals surface area contributed by atoms with Gasteiger partial charge in [-0.05, 0) is 38.0 Å². The summed E-state index contributed by atoms with van der Waals surface area (Å²) in [6.45, 7) is 2.53. The minimum absolute atomic E-state index is 0.161. The fourth-order valence-electron chi connectivity index (χ4n) is 2.54. The van der Waals surface area contributed by atoms with Gasteiger partial charge in [-0.2, -0.15) is 0 Å². The zero-order chi connectivity index (χ0) is 13.0. The fraction of sp³-hybridized carbons (Fsp3) is 0.533. The summed E-state index contributed by atoms with van der Waals surface area (Å²) in [4.78, 5) is 12.4. The number of halogens is 1. The Morgan fingerprint density at radius 1 is 1.33 bits per heavy atom. The number of hydrogen-bond acceptors (Lipinski definition) is 2. The highest BCUT2D eigenvalue weighted by molar-refractivity contribution is 6.34. The van der Waals surface area contributed by atoms with Gasteiger partial charge in [0.05, 0.1) is 11.6 Å². The van der Waals surface area contributed by atoms with E-state index in [4.69, 9.17) is 16.3 Å². The molecular weight excluding hydrogens is 248 g/mol. The number of Topliss-reactive ketones (excluding diaryl/α,β-unsaturated/α-hetero) is 1. The molecule has 0 aliphatic heterocycles. The van der Waals surface area contributed by atoms with Crippen molar-refractivity contribution in [3.63, 3.8) is 0 Å². The predicted molar refractivity (Wildman–Crippen MR) is 73.5 cm³/mol. The monoisotopic (exact) mass is 266 g/mol. The average molecular weight is 267 g/mol. The molecule has 0 spiro atoms. The molecule has 2 rings (SSSR count). The first-order chi connectivity index (χ1) is 8.72. The highest BCUT2D eigenvalue weighted by Crippen LogP contribution is 2.30. The summed E-state index contributed by atoms with van der Waals surface area (Å²) in [7, 11) is 0. The largest absolute Gasteiger partial charge is 0.494 e. The van der Waals surface area contributed by atoms with Gasteiger partial charge in [-0.3, -0.25) is 4.79 Å². The highest BCUT2D eigenvalue weighted by atomic mass is 35.5. The van der Waals surface area contributed by atoms with Crippen molar-refractivity contribution in [2.24, 2.45) is 5.92 Å². The first-order valence-electron chi connectivity index (χ1n) is 6.69. The third kappa shape index (κ3) is 3.05. The number of carbonyl (C=O) groups excluding carboxylic acids is 1. The van der Waals surface area contributed by atoms with Gasteiger partial charge in [0.25, 0.3) is 0 Å². The van der Waals surface area contributed by atoms with E-state index in [-0.39, 0.29) is 11.7 Å². The Hall–Kier alpha value is -1.02. The van der Waals surface area contributed by atoms with Gasteiger partial charge in [0.2, 0.25) is 0 Å². The summed E-state index contributed by atoms with van der Waals surface area (Å²) in [6, 6.07) is 5.36. The molecule has 1 aliphatic rings. The van der Waals surface area contributed by atoms with Gasteiger partial charge >= 0.3 is 0 Å². The lowest BCUT2D eigenvalue weighted by Gasteiger charge is -2.20. The van der Waals surface area contributed by atoms with E-state index >= 15 is 0 Å². The second-order valence-electron chi connectivity index (χ2n) is 4.77. The van der Waals surface area contributed by atoms with Gasteiger partial charge in [-0.25, -0.2) is 0 Å². The molecule has 3 heteroatoms. The zero-order valence-corrected chi connectivity index (χ0v) is 11.5. The van der Waals surface area contributed by atoms with Crippen molar-refractivity contribution < 1.29 is 9.53 Å². The average Bonchev–Trinajstić information content (AvgIpc) is 2.40. The molecule has 1 fully saturated rings. The van der Waals surface area contributed by atoms with Crippen LogP contribution < -0.4 is 4.74 Å². The second-order valence-corrected chi connectivity index (χ2v) is 5.18. The van der Waals surface area contributed by atoms with Gasteiger partial charge in [0.1, 0.15) is 5.75 Å². The van der Waals surface area contributed by atoms with Gasteiger partial charge in [-0.1, -0.05) is 30.9 Å². The Bertz CT molecular complexity index is 423. The smallest absolute Gasteiger partial charge is 0.167 e. The summed E-state index contributed by atoms with van der Waals surface area (Å²) in [6.07, 6.45) is 5.57. The van der Waals surface area contributed by atoms with Crippen LogP contribution in [0.25, 0.3) is 0 Å². The standard InChI is InChI=1S/C15H19ClO2/c1-2-18-12-8-9-13(14(16)10-12)15(17)11-6-4-3-5-7-11/h8-11H,2-7H2,1H3. The maximum Gasteiger partial charge on any atom is 0.167 e. The van der Waals surface area contributed by atoms with E-state index in [2.05, 4.69) is 0 Å². The highest BCUT2D eigenvalue weighted by Gasteiger charge is 2.24. The molecule has 18 heavy (non-hydrogen) atoms. The van der Waals surface area contributed by atoms with E-state index in [9.17, 15) is 4.79 Å². The Morgan fingerprint density at radius 3 is 2.67 bits per heavy atom. The van der Waals surface area contributed by atoms with Crippen molar-refractivity contribution in [2.75, 3.05) is 6.61 Å². The number of rotatable bonds is 4. The minimum atomic E-state index is 0.161. The molecule has 0 amide bonds. The third-order valence-corrected chi connectivity index (χ3v) is 3.81. The van der Waals surface area contributed by atoms with Crippen LogP contribution >= 0.6 is 11.6 Å². The molecule has 1 aromatic carbocycles. The summed E-state index contributed by atoms with van der Waals surface area (Å²) in [5.41, 5.74) is 0.645. The van der Waals surface area contributed by atoms with Crippen molar-refractivity contribution in [3.05, 3.63) is 28.8 Å². The summed E-state index contributed by atoms with van der Waals surface area (Å²) in [5.74, 6) is 1.08. The Labute approximate surface area is 113 Å². The quantitative estimate of drug-likeness (QED) is 0.750. The molecule has 1 aliphatic carbocycles. The third-order valence-electron chi connectivity index (χ3n) is 3.49. The number of carbonyl (C=O) groups is 1. The Morgan fingerprint density at radius 2 is 2.06 bits per heavy atom. The van der Waals surface area contributed by atoms with Crippen molar-refractivity contribution in [3.8, 4) is 5.75 Å². The SMILES string of the molecule is CCOc1ccc(C(=O)C2CCCCC2)c(Cl)c1. The van der Waals surface area contributed by atoms with E-state index in [1.54, 1.807) is 12.1 Å². The molecule has 1 saturated carbocycles.